The molecular weight excluding hydrogens is 255 g/mol. The van der Waals surface area contributed by atoms with Gasteiger partial charge in [-0.15, -0.1) is 0 Å². The number of rotatable bonds is 4. The van der Waals surface area contributed by atoms with Crippen LogP contribution in [0.4, 0.5) is 10.1 Å². The number of hydrogen-bond acceptors (Lipinski definition) is 2. The first-order chi connectivity index (χ1) is 8.65. The van der Waals surface area contributed by atoms with Gasteiger partial charge in [-0.25, -0.2) is 4.39 Å². The van der Waals surface area contributed by atoms with Crippen molar-refractivity contribution in [3.63, 3.8) is 0 Å². The van der Waals surface area contributed by atoms with Gasteiger partial charge in [0, 0.05) is 12.1 Å². The minimum absolute atomic E-state index is 0.0211. The van der Waals surface area contributed by atoms with Gasteiger partial charge in [-0.05, 0) is 50.0 Å². The smallest absolute Gasteiger partial charge is 0.224 e. The fourth-order valence-corrected chi connectivity index (χ4v) is 2.27. The van der Waals surface area contributed by atoms with E-state index in [1.807, 2.05) is 0 Å². The number of carbonyl (C=O) groups excluding carboxylic acids is 1. The molecule has 0 aromatic heterocycles. The van der Waals surface area contributed by atoms with Crippen molar-refractivity contribution < 1.29 is 9.18 Å². The average molecular weight is 271 g/mol. The molecule has 2 N–H and O–H groups in total. The molecule has 1 aliphatic heterocycles. The molecule has 0 spiro atoms. The molecule has 1 aromatic rings. The van der Waals surface area contributed by atoms with Crippen LogP contribution in [0.15, 0.2) is 18.2 Å². The second-order valence-electron chi connectivity index (χ2n) is 4.57. The van der Waals surface area contributed by atoms with E-state index in [9.17, 15) is 9.18 Å². The van der Waals surface area contributed by atoms with Gasteiger partial charge >= 0.3 is 0 Å². The van der Waals surface area contributed by atoms with Crippen LogP contribution in [0.2, 0.25) is 5.02 Å². The van der Waals surface area contributed by atoms with Gasteiger partial charge in [0.2, 0.25) is 5.91 Å². The first-order valence-electron chi connectivity index (χ1n) is 6.11. The minimum Gasteiger partial charge on any atom is -0.326 e. The fraction of sp³-hybridized carbons (Fsp3) is 0.462. The van der Waals surface area contributed by atoms with Crippen LogP contribution < -0.4 is 10.6 Å². The van der Waals surface area contributed by atoms with Gasteiger partial charge in [0.25, 0.3) is 0 Å². The summed E-state index contributed by atoms with van der Waals surface area (Å²) in [5.74, 6) is 0.0591. The van der Waals surface area contributed by atoms with Crippen molar-refractivity contribution in [2.45, 2.75) is 19.3 Å². The molecule has 0 saturated carbocycles. The molecule has 0 radical (unpaired) electrons. The fourth-order valence-electron chi connectivity index (χ4n) is 2.09. The lowest BCUT2D eigenvalue weighted by molar-refractivity contribution is -0.116. The summed E-state index contributed by atoms with van der Waals surface area (Å²) in [6.45, 7) is 2.04. The third-order valence-corrected chi connectivity index (χ3v) is 3.44. The third-order valence-electron chi connectivity index (χ3n) is 3.15. The van der Waals surface area contributed by atoms with E-state index in [1.165, 1.54) is 18.2 Å². The number of anilines is 1. The van der Waals surface area contributed by atoms with Crippen molar-refractivity contribution in [1.82, 2.24) is 5.32 Å². The van der Waals surface area contributed by atoms with Crippen molar-refractivity contribution in [2.75, 3.05) is 18.4 Å². The van der Waals surface area contributed by atoms with Gasteiger partial charge in [0.05, 0.1) is 5.02 Å². The summed E-state index contributed by atoms with van der Waals surface area (Å²) >= 11 is 5.64. The van der Waals surface area contributed by atoms with Crippen LogP contribution in [-0.2, 0) is 4.79 Å². The molecule has 1 aromatic carbocycles. The highest BCUT2D eigenvalue weighted by molar-refractivity contribution is 6.31. The zero-order valence-corrected chi connectivity index (χ0v) is 10.8. The van der Waals surface area contributed by atoms with E-state index in [0.717, 1.165) is 25.9 Å². The van der Waals surface area contributed by atoms with Crippen molar-refractivity contribution >= 4 is 23.2 Å². The molecule has 1 atom stereocenters. The van der Waals surface area contributed by atoms with Gasteiger partial charge in [-0.3, -0.25) is 4.79 Å². The number of halogens is 2. The average Bonchev–Trinajstić information content (AvgIpc) is 2.84. The summed E-state index contributed by atoms with van der Waals surface area (Å²) < 4.78 is 12.9. The third kappa shape index (κ3) is 3.68. The zero-order chi connectivity index (χ0) is 13.0. The monoisotopic (exact) mass is 270 g/mol. The van der Waals surface area contributed by atoms with Crippen molar-refractivity contribution in [2.24, 2.45) is 5.92 Å². The van der Waals surface area contributed by atoms with Crippen LogP contribution in [0, 0.1) is 11.7 Å². The maximum absolute atomic E-state index is 12.9. The number of amides is 1. The molecule has 1 unspecified atom stereocenters. The van der Waals surface area contributed by atoms with Crippen LogP contribution >= 0.6 is 11.6 Å². The first kappa shape index (κ1) is 13.3. The highest BCUT2D eigenvalue weighted by Gasteiger charge is 2.15. The molecule has 5 heteroatoms. The quantitative estimate of drug-likeness (QED) is 0.883. The van der Waals surface area contributed by atoms with E-state index >= 15 is 0 Å². The Labute approximate surface area is 111 Å². The topological polar surface area (TPSA) is 41.1 Å². The van der Waals surface area contributed by atoms with Crippen LogP contribution in [-0.4, -0.2) is 19.0 Å². The molecule has 98 valence electrons. The Kier molecular flexibility index (Phi) is 4.55. The molecule has 1 saturated heterocycles. The van der Waals surface area contributed by atoms with Crippen LogP contribution in [0.3, 0.4) is 0 Å². The minimum atomic E-state index is -0.480. The van der Waals surface area contributed by atoms with Crippen molar-refractivity contribution in [1.29, 1.82) is 0 Å². The summed E-state index contributed by atoms with van der Waals surface area (Å²) in [7, 11) is 0. The largest absolute Gasteiger partial charge is 0.326 e. The van der Waals surface area contributed by atoms with Crippen molar-refractivity contribution in [3.05, 3.63) is 29.0 Å². The molecule has 1 aliphatic rings. The molecule has 2 rings (SSSR count). The second kappa shape index (κ2) is 6.16. The lowest BCUT2D eigenvalue weighted by Crippen LogP contribution is -2.15. The maximum atomic E-state index is 12.9. The van der Waals surface area contributed by atoms with Gasteiger partial charge < -0.3 is 10.6 Å². The Hall–Kier alpha value is -1.13. The predicted octanol–water partition coefficient (Wildman–Crippen LogP) is 2.81. The lowest BCUT2D eigenvalue weighted by atomic mass is 10.0. The Morgan fingerprint density at radius 1 is 1.56 bits per heavy atom. The van der Waals surface area contributed by atoms with Crippen LogP contribution in [0.5, 0.6) is 0 Å². The Bertz CT molecular complexity index is 433. The van der Waals surface area contributed by atoms with Crippen LogP contribution in [0.1, 0.15) is 19.3 Å². The van der Waals surface area contributed by atoms with Gasteiger partial charge in [0.1, 0.15) is 5.82 Å². The maximum Gasteiger partial charge on any atom is 0.224 e. The van der Waals surface area contributed by atoms with Crippen molar-refractivity contribution in [3.8, 4) is 0 Å². The Morgan fingerprint density at radius 3 is 3.06 bits per heavy atom. The van der Waals surface area contributed by atoms with E-state index in [1.54, 1.807) is 0 Å². The number of benzene rings is 1. The molecular formula is C13H16ClFN2O. The van der Waals surface area contributed by atoms with Crippen LogP contribution in [0.25, 0.3) is 0 Å². The SMILES string of the molecule is O=C(CCC1CCNC1)Nc1ccc(F)c(Cl)c1. The highest BCUT2D eigenvalue weighted by atomic mass is 35.5. The van der Waals surface area contributed by atoms with E-state index in [-0.39, 0.29) is 10.9 Å². The summed E-state index contributed by atoms with van der Waals surface area (Å²) in [6.07, 6.45) is 2.50. The first-order valence-corrected chi connectivity index (χ1v) is 6.48. The van der Waals surface area contributed by atoms with E-state index < -0.39 is 5.82 Å². The molecule has 1 fully saturated rings. The summed E-state index contributed by atoms with van der Waals surface area (Å²) in [4.78, 5) is 11.7. The molecule has 0 aliphatic carbocycles. The van der Waals surface area contributed by atoms with Gasteiger partial charge in [-0.1, -0.05) is 11.6 Å². The van der Waals surface area contributed by atoms with Gasteiger partial charge in [0.15, 0.2) is 0 Å². The van der Waals surface area contributed by atoms with E-state index in [0.29, 0.717) is 18.0 Å². The number of nitrogens with one attached hydrogen (secondary N) is 2. The molecule has 18 heavy (non-hydrogen) atoms. The van der Waals surface area contributed by atoms with Gasteiger partial charge in [-0.2, -0.15) is 0 Å². The second-order valence-corrected chi connectivity index (χ2v) is 4.98. The normalized spacial score (nSPS) is 18.9. The summed E-state index contributed by atoms with van der Waals surface area (Å²) in [6, 6.07) is 4.18. The summed E-state index contributed by atoms with van der Waals surface area (Å²) in [5, 5.41) is 6.01. The van der Waals surface area contributed by atoms with E-state index in [2.05, 4.69) is 10.6 Å². The Balaban J connectivity index is 1.80. The number of carbonyl (C=O) groups is 1. The molecule has 0 bridgehead atoms. The zero-order valence-electron chi connectivity index (χ0n) is 10.0. The summed E-state index contributed by atoms with van der Waals surface area (Å²) in [5.41, 5.74) is 0.538. The van der Waals surface area contributed by atoms with E-state index in [4.69, 9.17) is 11.6 Å². The predicted molar refractivity (Wildman–Crippen MR) is 70.3 cm³/mol. The molecule has 3 nitrogen and oxygen atoms in total. The molecule has 1 heterocycles. The highest BCUT2D eigenvalue weighted by Crippen LogP contribution is 2.20. The Morgan fingerprint density at radius 2 is 2.39 bits per heavy atom. The number of hydrogen-bond donors (Lipinski definition) is 2. The standard InChI is InChI=1S/C13H16ClFN2O/c14-11-7-10(2-3-12(11)15)17-13(18)4-1-9-5-6-16-8-9/h2-3,7,9,16H,1,4-6,8H2,(H,17,18). The lowest BCUT2D eigenvalue weighted by Gasteiger charge is -2.09. The molecule has 1 amide bonds.